The molecule has 1 amide bonds. The molecular weight excluding hydrogens is 312 g/mol. The van der Waals surface area contributed by atoms with E-state index in [0.717, 1.165) is 55.0 Å². The van der Waals surface area contributed by atoms with E-state index in [9.17, 15) is 4.79 Å². The maximum Gasteiger partial charge on any atom is 0.254 e. The number of piperazine rings is 1. The van der Waals surface area contributed by atoms with Crippen LogP contribution in [-0.2, 0) is 4.79 Å². The topological polar surface area (TPSA) is 47.9 Å². The predicted molar refractivity (Wildman–Crippen MR) is 103 cm³/mol. The number of hydrogen-bond donors (Lipinski definition) is 1. The van der Waals surface area contributed by atoms with Crippen LogP contribution in [0.2, 0.25) is 0 Å². The van der Waals surface area contributed by atoms with Crippen LogP contribution in [-0.4, -0.2) is 60.2 Å². The Labute approximate surface area is 151 Å². The fourth-order valence-electron chi connectivity index (χ4n) is 4.05. The molecule has 1 N–H and O–H groups in total. The van der Waals surface area contributed by atoms with Crippen LogP contribution < -0.4 is 5.32 Å². The zero-order valence-corrected chi connectivity index (χ0v) is 16.2. The third-order valence-corrected chi connectivity index (χ3v) is 5.90. The first-order chi connectivity index (χ1) is 11.8. The molecule has 2 saturated heterocycles. The van der Waals surface area contributed by atoms with E-state index < -0.39 is 0 Å². The summed E-state index contributed by atoms with van der Waals surface area (Å²) in [5.41, 5.74) is 2.87. The van der Waals surface area contributed by atoms with Crippen molar-refractivity contribution >= 4 is 12.6 Å². The van der Waals surface area contributed by atoms with Crippen LogP contribution in [0.4, 0.5) is 0 Å². The van der Waals surface area contributed by atoms with Crippen molar-refractivity contribution in [3.05, 3.63) is 22.5 Å². The van der Waals surface area contributed by atoms with Crippen molar-refractivity contribution in [3.8, 4) is 0 Å². The van der Waals surface area contributed by atoms with Crippen LogP contribution in [0.25, 0.3) is 0 Å². The normalized spacial score (nSPS) is 25.8. The molecule has 1 aliphatic carbocycles. The molecule has 0 bridgehead atoms. The Morgan fingerprint density at radius 3 is 2.52 bits per heavy atom. The largest absolute Gasteiger partial charge is 0.365 e. The van der Waals surface area contributed by atoms with Crippen molar-refractivity contribution in [3.63, 3.8) is 0 Å². The van der Waals surface area contributed by atoms with Crippen molar-refractivity contribution in [2.75, 3.05) is 26.2 Å². The van der Waals surface area contributed by atoms with Gasteiger partial charge in [-0.1, -0.05) is 5.57 Å². The van der Waals surface area contributed by atoms with Gasteiger partial charge in [-0.15, -0.1) is 0 Å². The van der Waals surface area contributed by atoms with Gasteiger partial charge in [-0.25, -0.2) is 4.99 Å². The molecule has 0 unspecified atom stereocenters. The SMILES string of the molecule is C=N/C(NC1(C)CC1)=C(\C)C(C(=O)N1CCN2CCC[C@@H]2C1)=C(C)C. The highest BCUT2D eigenvalue weighted by molar-refractivity contribution is 5.98. The van der Waals surface area contributed by atoms with E-state index in [0.29, 0.717) is 6.04 Å². The molecule has 2 heterocycles. The van der Waals surface area contributed by atoms with Gasteiger partial charge in [-0.05, 0) is 66.6 Å². The second-order valence-electron chi connectivity index (χ2n) is 8.28. The fourth-order valence-corrected chi connectivity index (χ4v) is 4.05. The molecule has 0 radical (unpaired) electrons. The Morgan fingerprint density at radius 2 is 1.92 bits per heavy atom. The molecule has 0 aromatic rings. The number of fused-ring (bicyclic) bond motifs is 1. The van der Waals surface area contributed by atoms with E-state index >= 15 is 0 Å². The monoisotopic (exact) mass is 344 g/mol. The van der Waals surface area contributed by atoms with Crippen LogP contribution in [0.1, 0.15) is 53.4 Å². The average Bonchev–Trinajstić information content (AvgIpc) is 3.11. The maximum absolute atomic E-state index is 13.3. The lowest BCUT2D eigenvalue weighted by Crippen LogP contribution is -2.52. The Balaban J connectivity index is 1.81. The minimum atomic E-state index is 0.114. The fraction of sp³-hybridized carbons (Fsp3) is 0.700. The third kappa shape index (κ3) is 3.81. The van der Waals surface area contributed by atoms with E-state index in [1.54, 1.807) is 0 Å². The molecule has 1 saturated carbocycles. The number of aliphatic imine (C=N–C) groups is 1. The summed E-state index contributed by atoms with van der Waals surface area (Å²) in [7, 11) is 0. The van der Waals surface area contributed by atoms with E-state index in [4.69, 9.17) is 0 Å². The third-order valence-electron chi connectivity index (χ3n) is 5.90. The minimum absolute atomic E-state index is 0.114. The molecule has 0 aromatic carbocycles. The molecule has 0 spiro atoms. The standard InChI is InChI=1S/C20H32N4O/c1-14(2)17(15(3)18(21-5)22-20(4)8-9-20)19(25)24-12-11-23-10-6-7-16(23)13-24/h16,22H,5-13H2,1-4H3/b18-15-/t16-/m1/s1. The van der Waals surface area contributed by atoms with Gasteiger partial charge in [0, 0.05) is 42.4 Å². The van der Waals surface area contributed by atoms with Gasteiger partial charge in [0.25, 0.3) is 5.91 Å². The van der Waals surface area contributed by atoms with Crippen molar-refractivity contribution in [2.24, 2.45) is 4.99 Å². The number of rotatable bonds is 5. The maximum atomic E-state index is 13.3. The summed E-state index contributed by atoms with van der Waals surface area (Å²) in [6.07, 6.45) is 4.75. The number of hydrogen-bond acceptors (Lipinski definition) is 4. The summed E-state index contributed by atoms with van der Waals surface area (Å²) in [5.74, 6) is 0.900. The Morgan fingerprint density at radius 1 is 1.20 bits per heavy atom. The molecule has 3 aliphatic rings. The number of carbonyl (C=O) groups is 1. The first-order valence-corrected chi connectivity index (χ1v) is 9.51. The smallest absolute Gasteiger partial charge is 0.254 e. The highest BCUT2D eigenvalue weighted by Crippen LogP contribution is 2.36. The number of allylic oxidation sites excluding steroid dienone is 1. The molecule has 5 heteroatoms. The van der Waals surface area contributed by atoms with Gasteiger partial charge in [0.2, 0.25) is 0 Å². The lowest BCUT2D eigenvalue weighted by Gasteiger charge is -2.38. The van der Waals surface area contributed by atoms with E-state index in [2.05, 4.69) is 28.9 Å². The molecule has 1 atom stereocenters. The van der Waals surface area contributed by atoms with Gasteiger partial charge in [-0.2, -0.15) is 0 Å². The van der Waals surface area contributed by atoms with E-state index in [1.165, 1.54) is 19.4 Å². The van der Waals surface area contributed by atoms with Crippen molar-refractivity contribution < 1.29 is 4.79 Å². The molecular formula is C20H32N4O. The van der Waals surface area contributed by atoms with Crippen molar-refractivity contribution in [1.82, 2.24) is 15.1 Å². The van der Waals surface area contributed by atoms with E-state index in [1.807, 2.05) is 25.7 Å². The molecule has 3 rings (SSSR count). The second-order valence-corrected chi connectivity index (χ2v) is 8.28. The quantitative estimate of drug-likeness (QED) is 0.474. The van der Waals surface area contributed by atoms with Gasteiger partial charge in [-0.3, -0.25) is 9.69 Å². The predicted octanol–water partition coefficient (Wildman–Crippen LogP) is 2.70. The summed E-state index contributed by atoms with van der Waals surface area (Å²) in [6.45, 7) is 15.8. The second kappa shape index (κ2) is 6.94. The van der Waals surface area contributed by atoms with Crippen molar-refractivity contribution in [2.45, 2.75) is 65.0 Å². The summed E-state index contributed by atoms with van der Waals surface area (Å²) in [6, 6.07) is 0.542. The van der Waals surface area contributed by atoms with Crippen LogP contribution >= 0.6 is 0 Å². The lowest BCUT2D eigenvalue weighted by molar-refractivity contribution is -0.129. The molecule has 0 aromatic heterocycles. The van der Waals surface area contributed by atoms with Gasteiger partial charge in [0.05, 0.1) is 0 Å². The molecule has 138 valence electrons. The minimum Gasteiger partial charge on any atom is -0.365 e. The summed E-state index contributed by atoms with van der Waals surface area (Å²) < 4.78 is 0. The number of nitrogens with one attached hydrogen (secondary N) is 1. The van der Waals surface area contributed by atoms with Crippen LogP contribution in [0.15, 0.2) is 27.5 Å². The lowest BCUT2D eigenvalue weighted by atomic mass is 9.99. The average molecular weight is 345 g/mol. The zero-order valence-electron chi connectivity index (χ0n) is 16.2. The Hall–Kier alpha value is -1.62. The highest BCUT2D eigenvalue weighted by atomic mass is 16.2. The molecule has 5 nitrogen and oxygen atoms in total. The first-order valence-electron chi connectivity index (χ1n) is 9.51. The molecule has 3 fully saturated rings. The number of amides is 1. The van der Waals surface area contributed by atoms with Gasteiger partial charge >= 0.3 is 0 Å². The van der Waals surface area contributed by atoms with E-state index in [-0.39, 0.29) is 11.4 Å². The van der Waals surface area contributed by atoms with Crippen LogP contribution in [0.5, 0.6) is 0 Å². The van der Waals surface area contributed by atoms with Crippen LogP contribution in [0.3, 0.4) is 0 Å². The van der Waals surface area contributed by atoms with Crippen LogP contribution in [0, 0.1) is 0 Å². The Bertz CT molecular complexity index is 626. The Kier molecular flexibility index (Phi) is 5.05. The number of nitrogens with zero attached hydrogens (tertiary/aromatic N) is 3. The highest BCUT2D eigenvalue weighted by Gasteiger charge is 2.39. The summed E-state index contributed by atoms with van der Waals surface area (Å²) in [5, 5.41) is 3.48. The first kappa shape index (κ1) is 18.2. The molecule has 25 heavy (non-hydrogen) atoms. The number of carbonyl (C=O) groups excluding carboxylic acids is 1. The van der Waals surface area contributed by atoms with Crippen molar-refractivity contribution in [1.29, 1.82) is 0 Å². The molecule has 2 aliphatic heterocycles. The van der Waals surface area contributed by atoms with Gasteiger partial charge in [0.1, 0.15) is 5.82 Å². The zero-order chi connectivity index (χ0) is 18.2. The summed E-state index contributed by atoms with van der Waals surface area (Å²) in [4.78, 5) is 22.1. The summed E-state index contributed by atoms with van der Waals surface area (Å²) >= 11 is 0. The van der Waals surface area contributed by atoms with Gasteiger partial charge in [0.15, 0.2) is 0 Å². The van der Waals surface area contributed by atoms with Gasteiger partial charge < -0.3 is 10.2 Å².